The number of ether oxygens (including phenoxy) is 1. The van der Waals surface area contributed by atoms with Gasteiger partial charge in [0.15, 0.2) is 0 Å². The Morgan fingerprint density at radius 3 is 2.93 bits per heavy atom. The molecule has 1 aromatic heterocycles. The van der Waals surface area contributed by atoms with Gasteiger partial charge in [-0.25, -0.2) is 0 Å². The van der Waals surface area contributed by atoms with E-state index in [1.54, 1.807) is 18.2 Å². The molecule has 5 nitrogen and oxygen atoms in total. The Bertz CT molecular complexity index is 500. The van der Waals surface area contributed by atoms with Crippen LogP contribution in [0, 0.1) is 11.3 Å². The number of hydrogen-bond acceptors (Lipinski definition) is 5. The summed E-state index contributed by atoms with van der Waals surface area (Å²) in [5.74, 6) is 0.912. The largest absolute Gasteiger partial charge is 0.495 e. The van der Waals surface area contributed by atoms with Crippen LogP contribution in [0.1, 0.15) is 5.56 Å². The molecule has 0 aliphatic carbocycles. The van der Waals surface area contributed by atoms with Crippen molar-refractivity contribution in [2.45, 2.75) is 0 Å². The van der Waals surface area contributed by atoms with Gasteiger partial charge in [0.05, 0.1) is 12.7 Å². The molecular weight excluding hydrogens is 194 g/mol. The lowest BCUT2D eigenvalue weighted by atomic mass is 10.1. The van der Waals surface area contributed by atoms with E-state index in [9.17, 15) is 0 Å². The van der Waals surface area contributed by atoms with Crippen molar-refractivity contribution < 1.29 is 9.15 Å². The smallest absolute Gasteiger partial charge is 0.247 e. The zero-order valence-corrected chi connectivity index (χ0v) is 7.97. The van der Waals surface area contributed by atoms with E-state index < -0.39 is 0 Å². The van der Waals surface area contributed by atoms with Crippen molar-refractivity contribution in [3.63, 3.8) is 0 Å². The molecule has 0 atom stereocenters. The van der Waals surface area contributed by atoms with E-state index >= 15 is 0 Å². The second kappa shape index (κ2) is 3.80. The summed E-state index contributed by atoms with van der Waals surface area (Å²) in [5, 5.41) is 16.2. The number of aromatic nitrogens is 2. The van der Waals surface area contributed by atoms with Crippen LogP contribution < -0.4 is 4.74 Å². The molecule has 74 valence electrons. The van der Waals surface area contributed by atoms with Gasteiger partial charge >= 0.3 is 0 Å². The van der Waals surface area contributed by atoms with Crippen LogP contribution in [0.2, 0.25) is 0 Å². The molecule has 5 heteroatoms. The van der Waals surface area contributed by atoms with Crippen molar-refractivity contribution in [2.24, 2.45) is 0 Å². The third-order valence-corrected chi connectivity index (χ3v) is 1.93. The predicted octanol–water partition coefficient (Wildman–Crippen LogP) is 1.62. The van der Waals surface area contributed by atoms with Crippen molar-refractivity contribution in [1.29, 1.82) is 5.26 Å². The van der Waals surface area contributed by atoms with E-state index in [1.165, 1.54) is 13.5 Å². The van der Waals surface area contributed by atoms with E-state index in [-0.39, 0.29) is 0 Å². The van der Waals surface area contributed by atoms with Crippen LogP contribution in [0.15, 0.2) is 29.0 Å². The van der Waals surface area contributed by atoms with Crippen LogP contribution in [0.4, 0.5) is 0 Å². The van der Waals surface area contributed by atoms with Crippen molar-refractivity contribution >= 4 is 0 Å². The first-order valence-corrected chi connectivity index (χ1v) is 4.20. The summed E-state index contributed by atoms with van der Waals surface area (Å²) in [6.07, 6.45) is 1.24. The molecular formula is C10H7N3O2. The average Bonchev–Trinajstić information content (AvgIpc) is 2.81. The van der Waals surface area contributed by atoms with Crippen LogP contribution >= 0.6 is 0 Å². The summed E-state index contributed by atoms with van der Waals surface area (Å²) in [7, 11) is 1.52. The Balaban J connectivity index is 2.49. The van der Waals surface area contributed by atoms with Crippen molar-refractivity contribution in [2.75, 3.05) is 7.11 Å². The van der Waals surface area contributed by atoms with E-state index in [2.05, 4.69) is 10.2 Å². The molecule has 0 bridgehead atoms. The molecule has 0 amide bonds. The Labute approximate surface area is 85.9 Å². The highest BCUT2D eigenvalue weighted by Crippen LogP contribution is 2.24. The number of nitrogens with zero attached hydrogens (tertiary/aromatic N) is 3. The van der Waals surface area contributed by atoms with Crippen LogP contribution in [0.5, 0.6) is 5.75 Å². The molecule has 0 aliphatic heterocycles. The molecule has 0 radical (unpaired) electrons. The molecule has 1 heterocycles. The summed E-state index contributed by atoms with van der Waals surface area (Å²) in [4.78, 5) is 0. The molecule has 0 unspecified atom stereocenters. The molecule has 0 aliphatic rings. The van der Waals surface area contributed by atoms with Gasteiger partial charge in [-0.05, 0) is 18.2 Å². The second-order valence-electron chi connectivity index (χ2n) is 2.77. The predicted molar refractivity (Wildman–Crippen MR) is 51.0 cm³/mol. The van der Waals surface area contributed by atoms with E-state index in [0.717, 1.165) is 0 Å². The fourth-order valence-electron chi connectivity index (χ4n) is 1.23. The maximum atomic E-state index is 8.87. The van der Waals surface area contributed by atoms with Gasteiger partial charge in [0, 0.05) is 5.56 Å². The van der Waals surface area contributed by atoms with Crippen LogP contribution in [-0.4, -0.2) is 17.3 Å². The molecule has 2 aromatic rings. The summed E-state index contributed by atoms with van der Waals surface area (Å²) in [6, 6.07) is 7.13. The topological polar surface area (TPSA) is 71.9 Å². The SMILES string of the molecule is COc1ccc(-c2nnco2)cc1C#N. The fraction of sp³-hybridized carbons (Fsp3) is 0.100. The molecule has 15 heavy (non-hydrogen) atoms. The van der Waals surface area contributed by atoms with E-state index in [0.29, 0.717) is 22.8 Å². The number of methoxy groups -OCH3 is 1. The number of rotatable bonds is 2. The quantitative estimate of drug-likeness (QED) is 0.738. The molecule has 0 N–H and O–H groups in total. The van der Waals surface area contributed by atoms with Crippen LogP contribution in [-0.2, 0) is 0 Å². The number of benzene rings is 1. The van der Waals surface area contributed by atoms with Crippen LogP contribution in [0.25, 0.3) is 11.5 Å². The van der Waals surface area contributed by atoms with Crippen molar-refractivity contribution in [3.05, 3.63) is 30.2 Å². The zero-order chi connectivity index (χ0) is 10.7. The lowest BCUT2D eigenvalue weighted by Crippen LogP contribution is -1.88. The highest BCUT2D eigenvalue weighted by molar-refractivity contribution is 5.59. The molecule has 1 aromatic carbocycles. The van der Waals surface area contributed by atoms with E-state index in [1.807, 2.05) is 6.07 Å². The Hall–Kier alpha value is -2.35. The van der Waals surface area contributed by atoms with Gasteiger partial charge in [0.2, 0.25) is 12.3 Å². The first-order valence-electron chi connectivity index (χ1n) is 4.20. The molecule has 0 fully saturated rings. The number of nitriles is 1. The van der Waals surface area contributed by atoms with Gasteiger partial charge in [-0.15, -0.1) is 10.2 Å². The summed E-state index contributed by atoms with van der Waals surface area (Å²) >= 11 is 0. The zero-order valence-electron chi connectivity index (χ0n) is 7.97. The average molecular weight is 201 g/mol. The van der Waals surface area contributed by atoms with Crippen molar-refractivity contribution in [1.82, 2.24) is 10.2 Å². The standard InChI is InChI=1S/C10H7N3O2/c1-14-9-3-2-7(4-8(9)5-11)10-13-12-6-15-10/h2-4,6H,1H3. The van der Waals surface area contributed by atoms with Gasteiger partial charge in [-0.2, -0.15) is 5.26 Å². The normalized spacial score (nSPS) is 9.60. The third-order valence-electron chi connectivity index (χ3n) is 1.93. The monoisotopic (exact) mass is 201 g/mol. The van der Waals surface area contributed by atoms with Gasteiger partial charge < -0.3 is 9.15 Å². The first-order chi connectivity index (χ1) is 7.35. The Morgan fingerprint density at radius 2 is 2.33 bits per heavy atom. The van der Waals surface area contributed by atoms with Crippen molar-refractivity contribution in [3.8, 4) is 23.3 Å². The minimum absolute atomic E-state index is 0.383. The van der Waals surface area contributed by atoms with Crippen LogP contribution in [0.3, 0.4) is 0 Å². The van der Waals surface area contributed by atoms with Gasteiger partial charge in [-0.1, -0.05) is 0 Å². The van der Waals surface area contributed by atoms with Gasteiger partial charge in [0.1, 0.15) is 11.8 Å². The maximum Gasteiger partial charge on any atom is 0.247 e. The lowest BCUT2D eigenvalue weighted by molar-refractivity contribution is 0.413. The molecule has 0 saturated heterocycles. The summed E-state index contributed by atoms with van der Waals surface area (Å²) in [5.41, 5.74) is 1.14. The second-order valence-corrected chi connectivity index (χ2v) is 2.77. The highest BCUT2D eigenvalue weighted by atomic mass is 16.5. The minimum Gasteiger partial charge on any atom is -0.495 e. The molecule has 2 rings (SSSR count). The number of hydrogen-bond donors (Lipinski definition) is 0. The lowest BCUT2D eigenvalue weighted by Gasteiger charge is -2.02. The summed E-state index contributed by atoms with van der Waals surface area (Å²) in [6.45, 7) is 0. The van der Waals surface area contributed by atoms with Gasteiger partial charge in [0.25, 0.3) is 0 Å². The molecule has 0 saturated carbocycles. The Morgan fingerprint density at radius 1 is 1.47 bits per heavy atom. The maximum absolute atomic E-state index is 8.87. The third kappa shape index (κ3) is 1.65. The highest BCUT2D eigenvalue weighted by Gasteiger charge is 2.08. The minimum atomic E-state index is 0.383. The van der Waals surface area contributed by atoms with Gasteiger partial charge in [-0.3, -0.25) is 0 Å². The van der Waals surface area contributed by atoms with E-state index in [4.69, 9.17) is 14.4 Å². The fourth-order valence-corrected chi connectivity index (χ4v) is 1.23. The Kier molecular flexibility index (Phi) is 2.33. The molecule has 0 spiro atoms. The summed E-state index contributed by atoms with van der Waals surface area (Å²) < 4.78 is 10.0. The first kappa shape index (κ1) is 9.21.